The Morgan fingerprint density at radius 2 is 1.38 bits per heavy atom. The Bertz CT molecular complexity index is 796. The molecule has 0 spiro atoms. The predicted molar refractivity (Wildman–Crippen MR) is 98.0 cm³/mol. The molecule has 1 aromatic heterocycles. The standard InChI is InChI=1S/C20H20N4/c1-3-7-16(8-4-1)18-15-19(17-9-5-2-6-10-17)22-23-20(18)24-13-11-21-12-14-24/h1-10,15,21H,11-14H2. The maximum absolute atomic E-state index is 4.60. The van der Waals surface area contributed by atoms with Crippen LogP contribution >= 0.6 is 0 Å². The second-order valence-corrected chi connectivity index (χ2v) is 5.94. The minimum absolute atomic E-state index is 0.910. The molecule has 4 nitrogen and oxygen atoms in total. The topological polar surface area (TPSA) is 41.0 Å². The Morgan fingerprint density at radius 3 is 2.04 bits per heavy atom. The van der Waals surface area contributed by atoms with Crippen molar-refractivity contribution in [3.05, 3.63) is 66.7 Å². The number of hydrogen-bond acceptors (Lipinski definition) is 4. The van der Waals surface area contributed by atoms with Gasteiger partial charge >= 0.3 is 0 Å². The molecule has 0 amide bonds. The Kier molecular flexibility index (Phi) is 4.21. The summed E-state index contributed by atoms with van der Waals surface area (Å²) in [5, 5.41) is 12.5. The second kappa shape index (κ2) is 6.81. The highest BCUT2D eigenvalue weighted by atomic mass is 15.3. The van der Waals surface area contributed by atoms with Crippen molar-refractivity contribution in [1.29, 1.82) is 0 Å². The van der Waals surface area contributed by atoms with E-state index in [2.05, 4.69) is 62.9 Å². The third-order valence-corrected chi connectivity index (χ3v) is 4.35. The normalized spacial score (nSPS) is 14.6. The minimum Gasteiger partial charge on any atom is -0.352 e. The maximum atomic E-state index is 4.60. The predicted octanol–water partition coefficient (Wildman–Crippen LogP) is 3.22. The molecule has 3 aromatic rings. The number of hydrogen-bond donors (Lipinski definition) is 1. The third-order valence-electron chi connectivity index (χ3n) is 4.35. The van der Waals surface area contributed by atoms with Crippen molar-refractivity contribution in [1.82, 2.24) is 15.5 Å². The molecule has 1 aliphatic heterocycles. The molecule has 4 heteroatoms. The van der Waals surface area contributed by atoms with E-state index < -0.39 is 0 Å². The third kappa shape index (κ3) is 3.01. The lowest BCUT2D eigenvalue weighted by Crippen LogP contribution is -2.44. The van der Waals surface area contributed by atoms with E-state index in [1.54, 1.807) is 0 Å². The largest absolute Gasteiger partial charge is 0.352 e. The van der Waals surface area contributed by atoms with E-state index in [9.17, 15) is 0 Å². The lowest BCUT2D eigenvalue weighted by molar-refractivity contribution is 0.583. The van der Waals surface area contributed by atoms with Gasteiger partial charge in [-0.05, 0) is 11.6 Å². The molecule has 1 N–H and O–H groups in total. The van der Waals surface area contributed by atoms with Gasteiger partial charge in [-0.15, -0.1) is 10.2 Å². The van der Waals surface area contributed by atoms with Crippen LogP contribution < -0.4 is 10.2 Å². The molecular weight excluding hydrogens is 296 g/mol. The van der Waals surface area contributed by atoms with E-state index >= 15 is 0 Å². The van der Waals surface area contributed by atoms with Crippen LogP contribution in [0.1, 0.15) is 0 Å². The summed E-state index contributed by atoms with van der Waals surface area (Å²) in [6.45, 7) is 3.88. The van der Waals surface area contributed by atoms with Gasteiger partial charge in [0.15, 0.2) is 5.82 Å². The molecule has 0 aliphatic carbocycles. The number of aromatic nitrogens is 2. The van der Waals surface area contributed by atoms with Crippen molar-refractivity contribution in [2.24, 2.45) is 0 Å². The number of benzene rings is 2. The summed E-state index contributed by atoms with van der Waals surface area (Å²) in [5.41, 5.74) is 4.33. The molecule has 1 fully saturated rings. The molecule has 0 saturated carbocycles. The van der Waals surface area contributed by atoms with E-state index in [0.29, 0.717) is 0 Å². The van der Waals surface area contributed by atoms with Gasteiger partial charge < -0.3 is 10.2 Å². The average Bonchev–Trinajstić information content (AvgIpc) is 2.69. The minimum atomic E-state index is 0.910. The quantitative estimate of drug-likeness (QED) is 0.805. The maximum Gasteiger partial charge on any atom is 0.159 e. The fraction of sp³-hybridized carbons (Fsp3) is 0.200. The van der Waals surface area contributed by atoms with Crippen molar-refractivity contribution in [3.8, 4) is 22.4 Å². The van der Waals surface area contributed by atoms with E-state index in [4.69, 9.17) is 0 Å². The average molecular weight is 316 g/mol. The lowest BCUT2D eigenvalue weighted by Gasteiger charge is -2.29. The van der Waals surface area contributed by atoms with Crippen LogP contribution in [0.25, 0.3) is 22.4 Å². The summed E-state index contributed by atoms with van der Waals surface area (Å²) in [7, 11) is 0. The van der Waals surface area contributed by atoms with E-state index in [0.717, 1.165) is 48.8 Å². The Balaban J connectivity index is 1.82. The number of piperazine rings is 1. The highest BCUT2D eigenvalue weighted by molar-refractivity contribution is 5.79. The monoisotopic (exact) mass is 316 g/mol. The molecule has 4 rings (SSSR count). The van der Waals surface area contributed by atoms with Crippen LogP contribution in [0, 0.1) is 0 Å². The van der Waals surface area contributed by atoms with Gasteiger partial charge in [-0.25, -0.2) is 0 Å². The first-order valence-electron chi connectivity index (χ1n) is 8.36. The first-order chi connectivity index (χ1) is 11.9. The number of nitrogens with zero attached hydrogens (tertiary/aromatic N) is 3. The molecule has 0 atom stereocenters. The zero-order chi connectivity index (χ0) is 16.2. The van der Waals surface area contributed by atoms with Gasteiger partial charge in [0.25, 0.3) is 0 Å². The molecule has 0 unspecified atom stereocenters. The van der Waals surface area contributed by atoms with Crippen molar-refractivity contribution < 1.29 is 0 Å². The van der Waals surface area contributed by atoms with Gasteiger partial charge in [-0.3, -0.25) is 0 Å². The van der Waals surface area contributed by atoms with E-state index in [1.165, 1.54) is 5.56 Å². The van der Waals surface area contributed by atoms with Crippen molar-refractivity contribution in [2.45, 2.75) is 0 Å². The van der Waals surface area contributed by atoms with Crippen LogP contribution in [0.5, 0.6) is 0 Å². The summed E-state index contributed by atoms with van der Waals surface area (Å²) < 4.78 is 0. The molecule has 1 aliphatic rings. The van der Waals surface area contributed by atoms with Crippen molar-refractivity contribution >= 4 is 5.82 Å². The smallest absolute Gasteiger partial charge is 0.159 e. The molecule has 0 radical (unpaired) electrons. The molecule has 2 aromatic carbocycles. The van der Waals surface area contributed by atoms with Crippen LogP contribution in [0.4, 0.5) is 5.82 Å². The molecule has 2 heterocycles. The summed E-state index contributed by atoms with van der Waals surface area (Å²) in [6.07, 6.45) is 0. The highest BCUT2D eigenvalue weighted by Gasteiger charge is 2.18. The Labute approximate surface area is 142 Å². The van der Waals surface area contributed by atoms with E-state index in [1.807, 2.05) is 24.3 Å². The van der Waals surface area contributed by atoms with Crippen LogP contribution in [0.2, 0.25) is 0 Å². The van der Waals surface area contributed by atoms with Crippen LogP contribution in [-0.2, 0) is 0 Å². The van der Waals surface area contributed by atoms with Gasteiger partial charge in [0.1, 0.15) is 0 Å². The fourth-order valence-electron chi connectivity index (χ4n) is 3.08. The van der Waals surface area contributed by atoms with Gasteiger partial charge in [-0.2, -0.15) is 0 Å². The van der Waals surface area contributed by atoms with Gasteiger partial charge in [0.2, 0.25) is 0 Å². The molecular formula is C20H20N4. The summed E-state index contributed by atoms with van der Waals surface area (Å²) >= 11 is 0. The first kappa shape index (κ1) is 14.8. The van der Waals surface area contributed by atoms with Crippen molar-refractivity contribution in [2.75, 3.05) is 31.1 Å². The number of nitrogens with one attached hydrogen (secondary N) is 1. The Hall–Kier alpha value is -2.72. The summed E-state index contributed by atoms with van der Waals surface area (Å²) in [5.74, 6) is 0.974. The summed E-state index contributed by atoms with van der Waals surface area (Å²) in [4.78, 5) is 2.32. The highest BCUT2D eigenvalue weighted by Crippen LogP contribution is 2.31. The Morgan fingerprint density at radius 1 is 0.750 bits per heavy atom. The first-order valence-corrected chi connectivity index (χ1v) is 8.36. The SMILES string of the molecule is c1ccc(-c2cc(-c3ccccc3)c(N3CCNCC3)nn2)cc1. The molecule has 24 heavy (non-hydrogen) atoms. The zero-order valence-corrected chi connectivity index (χ0v) is 13.5. The van der Waals surface area contributed by atoms with Crippen LogP contribution in [0.15, 0.2) is 66.7 Å². The number of anilines is 1. The fourth-order valence-corrected chi connectivity index (χ4v) is 3.08. The van der Waals surface area contributed by atoms with Crippen LogP contribution in [-0.4, -0.2) is 36.4 Å². The van der Waals surface area contributed by atoms with Crippen LogP contribution in [0.3, 0.4) is 0 Å². The second-order valence-electron chi connectivity index (χ2n) is 5.94. The lowest BCUT2D eigenvalue weighted by atomic mass is 10.0. The molecule has 1 saturated heterocycles. The van der Waals surface area contributed by atoms with Gasteiger partial charge in [0.05, 0.1) is 5.69 Å². The molecule has 0 bridgehead atoms. The zero-order valence-electron chi connectivity index (χ0n) is 13.5. The summed E-state index contributed by atoms with van der Waals surface area (Å²) in [6, 6.07) is 22.8. The van der Waals surface area contributed by atoms with Crippen molar-refractivity contribution in [3.63, 3.8) is 0 Å². The molecule has 120 valence electrons. The number of rotatable bonds is 3. The van der Waals surface area contributed by atoms with E-state index in [-0.39, 0.29) is 0 Å². The van der Waals surface area contributed by atoms with Gasteiger partial charge in [-0.1, -0.05) is 60.7 Å². The van der Waals surface area contributed by atoms with Gasteiger partial charge in [0, 0.05) is 37.3 Å².